The largest absolute Gasteiger partial charge is 0.490 e. The Balaban J connectivity index is 0.000000451. The SMILES string of the molecule is N#Cc1c(-c2ccccc2F)cc(-c2ccc(C(=O)O)cc2)nc1N.O=C(O)C(F)(F)F. The average Bonchev–Trinajstić information content (AvgIpc) is 2.73. The van der Waals surface area contributed by atoms with Crippen LogP contribution in [0.1, 0.15) is 15.9 Å². The van der Waals surface area contributed by atoms with E-state index in [9.17, 15) is 27.6 Å². The summed E-state index contributed by atoms with van der Waals surface area (Å²) >= 11 is 0. The fraction of sp³-hybridized carbons (Fsp3) is 0.0476. The Morgan fingerprint density at radius 3 is 2.03 bits per heavy atom. The van der Waals surface area contributed by atoms with Crippen molar-refractivity contribution in [3.05, 3.63) is 71.5 Å². The van der Waals surface area contributed by atoms with Gasteiger partial charge in [0.2, 0.25) is 0 Å². The maximum atomic E-state index is 14.2. The summed E-state index contributed by atoms with van der Waals surface area (Å²) in [4.78, 5) is 24.0. The van der Waals surface area contributed by atoms with Crippen molar-refractivity contribution in [2.24, 2.45) is 0 Å². The molecule has 0 radical (unpaired) electrons. The van der Waals surface area contributed by atoms with Crippen LogP contribution in [-0.2, 0) is 4.79 Å². The van der Waals surface area contributed by atoms with Gasteiger partial charge in [-0.2, -0.15) is 18.4 Å². The zero-order valence-electron chi connectivity index (χ0n) is 15.9. The van der Waals surface area contributed by atoms with Crippen LogP contribution in [0.3, 0.4) is 0 Å². The van der Waals surface area contributed by atoms with Crippen molar-refractivity contribution in [1.82, 2.24) is 4.98 Å². The van der Waals surface area contributed by atoms with Crippen LogP contribution in [0.5, 0.6) is 0 Å². The topological polar surface area (TPSA) is 137 Å². The van der Waals surface area contributed by atoms with Gasteiger partial charge in [-0.05, 0) is 24.3 Å². The second-order valence-corrected chi connectivity index (χ2v) is 6.09. The number of alkyl halides is 3. The summed E-state index contributed by atoms with van der Waals surface area (Å²) in [6.07, 6.45) is -5.08. The molecule has 0 fully saturated rings. The molecule has 0 aliphatic rings. The third kappa shape index (κ3) is 5.57. The molecule has 0 saturated heterocycles. The number of halogens is 4. The Labute approximate surface area is 178 Å². The van der Waals surface area contributed by atoms with E-state index in [0.29, 0.717) is 16.8 Å². The van der Waals surface area contributed by atoms with E-state index < -0.39 is 23.9 Å². The summed E-state index contributed by atoms with van der Waals surface area (Å²) in [7, 11) is 0. The normalized spacial score (nSPS) is 10.5. The minimum Gasteiger partial charge on any atom is -0.478 e. The molecule has 3 aromatic rings. The predicted molar refractivity (Wildman–Crippen MR) is 105 cm³/mol. The van der Waals surface area contributed by atoms with Crippen molar-refractivity contribution in [3.63, 3.8) is 0 Å². The minimum absolute atomic E-state index is 0.0134. The van der Waals surface area contributed by atoms with E-state index in [1.807, 2.05) is 6.07 Å². The van der Waals surface area contributed by atoms with Gasteiger partial charge >= 0.3 is 18.1 Å². The zero-order chi connectivity index (χ0) is 24.1. The molecule has 2 aromatic carbocycles. The van der Waals surface area contributed by atoms with Gasteiger partial charge in [0.25, 0.3) is 0 Å². The van der Waals surface area contributed by atoms with E-state index in [2.05, 4.69) is 4.98 Å². The van der Waals surface area contributed by atoms with Crippen LogP contribution in [0.4, 0.5) is 23.4 Å². The number of nitrogen functional groups attached to an aromatic ring is 1. The van der Waals surface area contributed by atoms with Crippen molar-refractivity contribution in [2.45, 2.75) is 6.18 Å². The lowest BCUT2D eigenvalue weighted by molar-refractivity contribution is -0.192. The number of nitrogens with two attached hydrogens (primary N) is 1. The van der Waals surface area contributed by atoms with Crippen LogP contribution in [-0.4, -0.2) is 33.3 Å². The first-order valence-electron chi connectivity index (χ1n) is 8.55. The smallest absolute Gasteiger partial charge is 0.478 e. The maximum absolute atomic E-state index is 14.2. The molecule has 0 amide bonds. The molecule has 0 bridgehead atoms. The van der Waals surface area contributed by atoms with E-state index in [1.165, 1.54) is 18.2 Å². The van der Waals surface area contributed by atoms with E-state index >= 15 is 0 Å². The zero-order valence-corrected chi connectivity index (χ0v) is 15.9. The molecule has 4 N–H and O–H groups in total. The van der Waals surface area contributed by atoms with Crippen LogP contribution in [0.25, 0.3) is 22.4 Å². The highest BCUT2D eigenvalue weighted by atomic mass is 19.4. The number of aromatic nitrogens is 1. The lowest BCUT2D eigenvalue weighted by atomic mass is 9.98. The predicted octanol–water partition coefficient (Wildman–Crippen LogP) is 4.34. The number of aromatic carboxylic acids is 1. The number of carbonyl (C=O) groups is 2. The van der Waals surface area contributed by atoms with Gasteiger partial charge in [-0.15, -0.1) is 0 Å². The molecule has 0 aliphatic carbocycles. The highest BCUT2D eigenvalue weighted by molar-refractivity contribution is 5.88. The lowest BCUT2D eigenvalue weighted by Crippen LogP contribution is -2.21. The van der Waals surface area contributed by atoms with E-state index in [4.69, 9.17) is 20.7 Å². The molecular weight excluding hydrogens is 434 g/mol. The van der Waals surface area contributed by atoms with Gasteiger partial charge in [0.05, 0.1) is 11.3 Å². The number of carboxylic acids is 2. The second kappa shape index (κ2) is 9.57. The fourth-order valence-corrected chi connectivity index (χ4v) is 2.51. The standard InChI is InChI=1S/C19H12FN3O2.C2HF3O2/c20-16-4-2-1-3-13(16)14-9-17(23-18(22)15(14)10-21)11-5-7-12(8-6-11)19(24)25;3-2(4,5)1(6)7/h1-9H,(H2,22,23)(H,24,25);(H,6,7). The van der Waals surface area contributed by atoms with Crippen LogP contribution >= 0.6 is 0 Å². The molecule has 7 nitrogen and oxygen atoms in total. The molecule has 0 aliphatic heterocycles. The molecule has 1 aromatic heterocycles. The third-order valence-electron chi connectivity index (χ3n) is 3.99. The molecule has 11 heteroatoms. The number of nitrogens with zero attached hydrogens (tertiary/aromatic N) is 2. The first-order valence-corrected chi connectivity index (χ1v) is 8.55. The van der Waals surface area contributed by atoms with Gasteiger partial charge in [0.1, 0.15) is 23.3 Å². The first kappa shape index (κ1) is 23.8. The second-order valence-electron chi connectivity index (χ2n) is 6.09. The summed E-state index contributed by atoms with van der Waals surface area (Å²) < 4.78 is 45.9. The summed E-state index contributed by atoms with van der Waals surface area (Å²) in [6.45, 7) is 0. The van der Waals surface area contributed by atoms with Crippen LogP contribution in [0.15, 0.2) is 54.6 Å². The third-order valence-corrected chi connectivity index (χ3v) is 3.99. The van der Waals surface area contributed by atoms with Gasteiger partial charge in [-0.3, -0.25) is 0 Å². The Morgan fingerprint density at radius 1 is 1.00 bits per heavy atom. The molecular formula is C21H13F4N3O4. The Morgan fingerprint density at radius 2 is 1.56 bits per heavy atom. The number of anilines is 1. The number of hydrogen-bond donors (Lipinski definition) is 3. The monoisotopic (exact) mass is 447 g/mol. The molecule has 164 valence electrons. The van der Waals surface area contributed by atoms with Crippen LogP contribution < -0.4 is 5.73 Å². The first-order chi connectivity index (χ1) is 15.0. The molecule has 1 heterocycles. The average molecular weight is 447 g/mol. The van der Waals surface area contributed by atoms with Crippen molar-refractivity contribution in [1.29, 1.82) is 5.26 Å². The number of pyridine rings is 1. The number of aliphatic carboxylic acids is 1. The summed E-state index contributed by atoms with van der Waals surface area (Å²) in [5.74, 6) is -4.28. The van der Waals surface area contributed by atoms with Crippen molar-refractivity contribution < 1.29 is 37.4 Å². The lowest BCUT2D eigenvalue weighted by Gasteiger charge is -2.11. The van der Waals surface area contributed by atoms with E-state index in [-0.39, 0.29) is 22.5 Å². The van der Waals surface area contributed by atoms with Gasteiger partial charge in [-0.1, -0.05) is 30.3 Å². The van der Waals surface area contributed by atoms with Gasteiger partial charge < -0.3 is 15.9 Å². The minimum atomic E-state index is -5.08. The number of benzene rings is 2. The summed E-state index contributed by atoms with van der Waals surface area (Å²) in [5.41, 5.74) is 7.74. The highest BCUT2D eigenvalue weighted by Gasteiger charge is 2.38. The fourth-order valence-electron chi connectivity index (χ4n) is 2.51. The number of carboxylic acid groups (broad SMARTS) is 2. The molecule has 32 heavy (non-hydrogen) atoms. The number of hydrogen-bond acceptors (Lipinski definition) is 5. The maximum Gasteiger partial charge on any atom is 0.490 e. The quantitative estimate of drug-likeness (QED) is 0.508. The van der Waals surface area contributed by atoms with Crippen LogP contribution in [0.2, 0.25) is 0 Å². The van der Waals surface area contributed by atoms with Crippen molar-refractivity contribution in [2.75, 3.05) is 5.73 Å². The number of rotatable bonds is 3. The molecule has 0 atom stereocenters. The molecule has 0 spiro atoms. The summed E-state index contributed by atoms with van der Waals surface area (Å²) in [6, 6.07) is 15.7. The van der Waals surface area contributed by atoms with Gasteiger partial charge in [0.15, 0.2) is 0 Å². The van der Waals surface area contributed by atoms with E-state index in [0.717, 1.165) is 0 Å². The Hall–Kier alpha value is -4.46. The molecule has 3 rings (SSSR count). The van der Waals surface area contributed by atoms with Gasteiger partial charge in [0, 0.05) is 16.7 Å². The van der Waals surface area contributed by atoms with Gasteiger partial charge in [-0.25, -0.2) is 19.0 Å². The Bertz CT molecular complexity index is 1200. The molecule has 0 unspecified atom stereocenters. The van der Waals surface area contributed by atoms with Crippen molar-refractivity contribution >= 4 is 17.8 Å². The summed E-state index contributed by atoms with van der Waals surface area (Å²) in [5, 5.41) is 25.4. The highest BCUT2D eigenvalue weighted by Crippen LogP contribution is 2.32. The van der Waals surface area contributed by atoms with Crippen molar-refractivity contribution in [3.8, 4) is 28.5 Å². The number of nitriles is 1. The Kier molecular flexibility index (Phi) is 7.12. The van der Waals surface area contributed by atoms with Crippen LogP contribution in [0, 0.1) is 17.1 Å². The van der Waals surface area contributed by atoms with E-state index in [1.54, 1.807) is 36.4 Å². The molecule has 0 saturated carbocycles.